The van der Waals surface area contributed by atoms with Gasteiger partial charge in [-0.25, -0.2) is 0 Å². The minimum atomic E-state index is -1.42. The standard InChI is InChI=1S/C13H17BO2/c1-3-8-13(14(15)16)12(4-2)11-9-6-5-7-10-11/h3,5-10,15-16H,4H2,1-2H3/b8-3-,13-12-. The Bertz CT molecular complexity index is 380. The zero-order valence-electron chi connectivity index (χ0n) is 9.72. The summed E-state index contributed by atoms with van der Waals surface area (Å²) in [7, 11) is -1.42. The second-order valence-corrected chi connectivity index (χ2v) is 3.53. The van der Waals surface area contributed by atoms with Gasteiger partial charge in [0.25, 0.3) is 0 Å². The summed E-state index contributed by atoms with van der Waals surface area (Å²) in [5, 5.41) is 18.7. The molecule has 0 bridgehead atoms. The van der Waals surface area contributed by atoms with Gasteiger partial charge in [-0.15, -0.1) is 0 Å². The molecule has 0 aliphatic heterocycles. The highest BCUT2D eigenvalue weighted by Crippen LogP contribution is 2.23. The predicted octanol–water partition coefficient (Wildman–Crippen LogP) is 2.44. The Labute approximate surface area is 97.1 Å². The molecule has 84 valence electrons. The number of hydrogen-bond acceptors (Lipinski definition) is 2. The van der Waals surface area contributed by atoms with Crippen molar-refractivity contribution in [3.63, 3.8) is 0 Å². The van der Waals surface area contributed by atoms with Crippen LogP contribution in [-0.2, 0) is 0 Å². The van der Waals surface area contributed by atoms with Gasteiger partial charge in [-0.1, -0.05) is 49.4 Å². The average molecular weight is 216 g/mol. The van der Waals surface area contributed by atoms with Crippen molar-refractivity contribution in [1.29, 1.82) is 0 Å². The molecule has 0 aliphatic carbocycles. The van der Waals surface area contributed by atoms with Gasteiger partial charge in [-0.2, -0.15) is 0 Å². The lowest BCUT2D eigenvalue weighted by atomic mass is 9.74. The Hall–Kier alpha value is -1.32. The van der Waals surface area contributed by atoms with E-state index in [2.05, 4.69) is 0 Å². The predicted molar refractivity (Wildman–Crippen MR) is 68.7 cm³/mol. The van der Waals surface area contributed by atoms with Crippen LogP contribution in [-0.4, -0.2) is 17.2 Å². The first kappa shape index (κ1) is 12.8. The van der Waals surface area contributed by atoms with E-state index < -0.39 is 7.12 Å². The first-order valence-corrected chi connectivity index (χ1v) is 5.48. The Morgan fingerprint density at radius 3 is 2.31 bits per heavy atom. The second kappa shape index (κ2) is 6.31. The lowest BCUT2D eigenvalue weighted by Gasteiger charge is -2.11. The molecule has 0 atom stereocenters. The van der Waals surface area contributed by atoms with Crippen LogP contribution in [0.1, 0.15) is 25.8 Å². The summed E-state index contributed by atoms with van der Waals surface area (Å²) in [4.78, 5) is 0. The van der Waals surface area contributed by atoms with Crippen LogP contribution in [0.5, 0.6) is 0 Å². The highest BCUT2D eigenvalue weighted by molar-refractivity contribution is 6.53. The van der Waals surface area contributed by atoms with Crippen molar-refractivity contribution in [3.8, 4) is 0 Å². The molecule has 1 aromatic carbocycles. The Kier molecular flexibility index (Phi) is 5.03. The molecule has 16 heavy (non-hydrogen) atoms. The molecule has 3 heteroatoms. The SMILES string of the molecule is C/C=C\C(B(O)O)=C(/CC)c1ccccc1. The van der Waals surface area contributed by atoms with Crippen LogP contribution in [0.3, 0.4) is 0 Å². The van der Waals surface area contributed by atoms with E-state index in [-0.39, 0.29) is 0 Å². The van der Waals surface area contributed by atoms with Gasteiger partial charge in [0.1, 0.15) is 0 Å². The van der Waals surface area contributed by atoms with E-state index in [1.165, 1.54) is 0 Å². The molecule has 0 fully saturated rings. The highest BCUT2D eigenvalue weighted by Gasteiger charge is 2.16. The van der Waals surface area contributed by atoms with Gasteiger partial charge in [0.15, 0.2) is 0 Å². The van der Waals surface area contributed by atoms with E-state index in [1.54, 1.807) is 6.08 Å². The van der Waals surface area contributed by atoms with Crippen molar-refractivity contribution in [1.82, 2.24) is 0 Å². The van der Waals surface area contributed by atoms with Crippen LogP contribution in [0.2, 0.25) is 0 Å². The summed E-state index contributed by atoms with van der Waals surface area (Å²) in [6, 6.07) is 9.79. The summed E-state index contributed by atoms with van der Waals surface area (Å²) >= 11 is 0. The number of hydrogen-bond donors (Lipinski definition) is 2. The zero-order valence-corrected chi connectivity index (χ0v) is 9.72. The van der Waals surface area contributed by atoms with Gasteiger partial charge in [-0.05, 0) is 30.0 Å². The molecule has 0 aromatic heterocycles. The molecule has 2 N–H and O–H groups in total. The summed E-state index contributed by atoms with van der Waals surface area (Å²) in [5.74, 6) is 0. The maximum atomic E-state index is 9.35. The van der Waals surface area contributed by atoms with Gasteiger partial charge < -0.3 is 10.0 Å². The second-order valence-electron chi connectivity index (χ2n) is 3.53. The topological polar surface area (TPSA) is 40.5 Å². The molecule has 0 unspecified atom stereocenters. The van der Waals surface area contributed by atoms with Crippen molar-refractivity contribution in [3.05, 3.63) is 53.5 Å². The number of benzene rings is 1. The largest absolute Gasteiger partial charge is 0.488 e. The van der Waals surface area contributed by atoms with Crippen LogP contribution in [0, 0.1) is 0 Å². The lowest BCUT2D eigenvalue weighted by molar-refractivity contribution is 0.421. The van der Waals surface area contributed by atoms with Crippen LogP contribution < -0.4 is 0 Å². The lowest BCUT2D eigenvalue weighted by Crippen LogP contribution is -2.15. The van der Waals surface area contributed by atoms with Gasteiger partial charge >= 0.3 is 7.12 Å². The van der Waals surface area contributed by atoms with Crippen molar-refractivity contribution in [2.24, 2.45) is 0 Å². The zero-order chi connectivity index (χ0) is 12.0. The molecule has 1 rings (SSSR count). The third-order valence-corrected chi connectivity index (χ3v) is 2.45. The Morgan fingerprint density at radius 1 is 1.25 bits per heavy atom. The third kappa shape index (κ3) is 3.09. The van der Waals surface area contributed by atoms with Gasteiger partial charge in [0.05, 0.1) is 0 Å². The fraction of sp³-hybridized carbons (Fsp3) is 0.231. The van der Waals surface area contributed by atoms with Crippen molar-refractivity contribution in [2.75, 3.05) is 0 Å². The Balaban J connectivity index is 3.26. The molecule has 0 aliphatic rings. The van der Waals surface area contributed by atoms with Crippen LogP contribution in [0.4, 0.5) is 0 Å². The fourth-order valence-electron chi connectivity index (χ4n) is 1.74. The minimum Gasteiger partial charge on any atom is -0.423 e. The summed E-state index contributed by atoms with van der Waals surface area (Å²) < 4.78 is 0. The van der Waals surface area contributed by atoms with E-state index >= 15 is 0 Å². The maximum absolute atomic E-state index is 9.35. The molecule has 2 nitrogen and oxygen atoms in total. The summed E-state index contributed by atoms with van der Waals surface area (Å²) in [5.41, 5.74) is 2.57. The van der Waals surface area contributed by atoms with E-state index in [1.807, 2.05) is 50.3 Å². The smallest absolute Gasteiger partial charge is 0.423 e. The number of rotatable bonds is 4. The summed E-state index contributed by atoms with van der Waals surface area (Å²) in [6.45, 7) is 3.87. The molecule has 0 saturated heterocycles. The van der Waals surface area contributed by atoms with Crippen molar-refractivity contribution < 1.29 is 10.0 Å². The molecule has 1 aromatic rings. The molecular formula is C13H17BO2. The molecule has 0 spiro atoms. The monoisotopic (exact) mass is 216 g/mol. The van der Waals surface area contributed by atoms with E-state index in [0.717, 1.165) is 17.6 Å². The maximum Gasteiger partial charge on any atom is 0.488 e. The highest BCUT2D eigenvalue weighted by atomic mass is 16.4. The van der Waals surface area contributed by atoms with Crippen molar-refractivity contribution >= 4 is 12.7 Å². The van der Waals surface area contributed by atoms with Crippen LogP contribution in [0.25, 0.3) is 5.57 Å². The fourth-order valence-corrected chi connectivity index (χ4v) is 1.74. The van der Waals surface area contributed by atoms with Gasteiger partial charge in [0, 0.05) is 0 Å². The Morgan fingerprint density at radius 2 is 1.88 bits per heavy atom. The molecule has 0 radical (unpaired) electrons. The molecule has 0 heterocycles. The van der Waals surface area contributed by atoms with E-state index in [4.69, 9.17) is 0 Å². The molecule has 0 amide bonds. The van der Waals surface area contributed by atoms with E-state index in [0.29, 0.717) is 5.47 Å². The molecular weight excluding hydrogens is 199 g/mol. The van der Waals surface area contributed by atoms with Gasteiger partial charge in [0.2, 0.25) is 0 Å². The normalized spacial score (nSPS) is 12.8. The number of allylic oxidation sites excluding steroid dienone is 4. The first-order valence-electron chi connectivity index (χ1n) is 5.48. The first-order chi connectivity index (χ1) is 7.70. The van der Waals surface area contributed by atoms with Crippen LogP contribution in [0.15, 0.2) is 48.0 Å². The quantitative estimate of drug-likeness (QED) is 0.599. The minimum absolute atomic E-state index is 0.566. The van der Waals surface area contributed by atoms with Crippen LogP contribution >= 0.6 is 0 Å². The van der Waals surface area contributed by atoms with Crippen molar-refractivity contribution in [2.45, 2.75) is 20.3 Å². The van der Waals surface area contributed by atoms with E-state index in [9.17, 15) is 10.0 Å². The third-order valence-electron chi connectivity index (χ3n) is 2.45. The van der Waals surface area contributed by atoms with Gasteiger partial charge in [-0.3, -0.25) is 0 Å². The average Bonchev–Trinajstić information content (AvgIpc) is 2.30. The summed E-state index contributed by atoms with van der Waals surface area (Å²) in [6.07, 6.45) is 4.32. The molecule has 0 saturated carbocycles.